The Balaban J connectivity index is 2.13. The number of amides is 1. The van der Waals surface area contributed by atoms with Crippen LogP contribution in [0, 0.1) is 17.2 Å². The first-order valence-electron chi connectivity index (χ1n) is 5.94. The second-order valence-corrected chi connectivity index (χ2v) is 4.25. The number of hydrogen-bond donors (Lipinski definition) is 1. The van der Waals surface area contributed by atoms with E-state index in [4.69, 9.17) is 5.26 Å². The number of carbonyl (C=O) groups is 1. The molecule has 1 aliphatic heterocycles. The molecule has 1 saturated heterocycles. The summed E-state index contributed by atoms with van der Waals surface area (Å²) in [6.45, 7) is 1.43. The molecule has 0 aliphatic carbocycles. The summed E-state index contributed by atoms with van der Waals surface area (Å²) < 4.78 is 0. The highest BCUT2D eigenvalue weighted by molar-refractivity contribution is 5.79. The predicted octanol–water partition coefficient (Wildman–Crippen LogP) is 0.311. The van der Waals surface area contributed by atoms with Gasteiger partial charge in [-0.15, -0.1) is 0 Å². The first-order valence-corrected chi connectivity index (χ1v) is 5.94. The van der Waals surface area contributed by atoms with Crippen LogP contribution in [-0.4, -0.2) is 36.0 Å². The van der Waals surface area contributed by atoms with Crippen molar-refractivity contribution in [3.05, 3.63) is 18.0 Å². The number of hydrogen-bond acceptors (Lipinski definition) is 5. The highest BCUT2D eigenvalue weighted by atomic mass is 16.1. The standard InChI is InChI=1S/C12H15N5O/c1-14-11(18)9-3-2-6-17(8-9)12-15-5-4-10(7-13)16-12/h4-5,9H,2-3,6,8H2,1H3,(H,14,18). The smallest absolute Gasteiger partial charge is 0.226 e. The molecule has 0 spiro atoms. The number of piperidine rings is 1. The van der Waals surface area contributed by atoms with Crippen molar-refractivity contribution in [3.8, 4) is 6.07 Å². The molecular weight excluding hydrogens is 230 g/mol. The average molecular weight is 245 g/mol. The molecule has 1 fully saturated rings. The Morgan fingerprint density at radius 1 is 1.67 bits per heavy atom. The molecule has 6 nitrogen and oxygen atoms in total. The zero-order chi connectivity index (χ0) is 13.0. The van der Waals surface area contributed by atoms with E-state index in [0.717, 1.165) is 19.4 Å². The Bertz CT molecular complexity index is 482. The average Bonchev–Trinajstić information content (AvgIpc) is 2.46. The third-order valence-electron chi connectivity index (χ3n) is 3.08. The van der Waals surface area contributed by atoms with Crippen molar-refractivity contribution in [2.75, 3.05) is 25.0 Å². The number of anilines is 1. The van der Waals surface area contributed by atoms with Gasteiger partial charge in [0.2, 0.25) is 11.9 Å². The van der Waals surface area contributed by atoms with Gasteiger partial charge in [-0.3, -0.25) is 4.79 Å². The van der Waals surface area contributed by atoms with Crippen LogP contribution in [0.1, 0.15) is 18.5 Å². The van der Waals surface area contributed by atoms with Crippen LogP contribution in [0.5, 0.6) is 0 Å². The minimum atomic E-state index is -0.0295. The van der Waals surface area contributed by atoms with Crippen molar-refractivity contribution >= 4 is 11.9 Å². The maximum atomic E-state index is 11.6. The topological polar surface area (TPSA) is 81.9 Å². The molecule has 0 bridgehead atoms. The molecule has 1 aliphatic rings. The highest BCUT2D eigenvalue weighted by Crippen LogP contribution is 2.20. The van der Waals surface area contributed by atoms with Crippen LogP contribution >= 0.6 is 0 Å². The molecule has 2 rings (SSSR count). The largest absolute Gasteiger partial charge is 0.359 e. The maximum Gasteiger partial charge on any atom is 0.226 e. The van der Waals surface area contributed by atoms with Gasteiger partial charge < -0.3 is 10.2 Å². The second kappa shape index (κ2) is 5.45. The highest BCUT2D eigenvalue weighted by Gasteiger charge is 2.26. The Kier molecular flexibility index (Phi) is 3.72. The van der Waals surface area contributed by atoms with Crippen molar-refractivity contribution in [2.24, 2.45) is 5.92 Å². The molecule has 1 amide bonds. The predicted molar refractivity (Wildman–Crippen MR) is 65.8 cm³/mol. The van der Waals surface area contributed by atoms with Crippen LogP contribution in [0.3, 0.4) is 0 Å². The summed E-state index contributed by atoms with van der Waals surface area (Å²) >= 11 is 0. The minimum Gasteiger partial charge on any atom is -0.359 e. The van der Waals surface area contributed by atoms with Gasteiger partial charge in [-0.05, 0) is 18.9 Å². The fraction of sp³-hybridized carbons (Fsp3) is 0.500. The summed E-state index contributed by atoms with van der Waals surface area (Å²) in [5.74, 6) is 0.553. The molecule has 1 unspecified atom stereocenters. The van der Waals surface area contributed by atoms with Crippen LogP contribution in [0.25, 0.3) is 0 Å². The van der Waals surface area contributed by atoms with Crippen LogP contribution in [0.4, 0.5) is 5.95 Å². The summed E-state index contributed by atoms with van der Waals surface area (Å²) in [6, 6.07) is 3.57. The van der Waals surface area contributed by atoms with Crippen LogP contribution < -0.4 is 10.2 Å². The fourth-order valence-corrected chi connectivity index (χ4v) is 2.14. The first kappa shape index (κ1) is 12.3. The number of rotatable bonds is 2. The van der Waals surface area contributed by atoms with E-state index in [1.165, 1.54) is 0 Å². The quantitative estimate of drug-likeness (QED) is 0.811. The molecule has 94 valence electrons. The molecule has 6 heteroatoms. The Morgan fingerprint density at radius 2 is 2.50 bits per heavy atom. The molecule has 0 radical (unpaired) electrons. The van der Waals surface area contributed by atoms with Crippen molar-refractivity contribution in [1.29, 1.82) is 5.26 Å². The minimum absolute atomic E-state index is 0.0295. The lowest BCUT2D eigenvalue weighted by Crippen LogP contribution is -2.42. The molecule has 0 saturated carbocycles. The molecule has 18 heavy (non-hydrogen) atoms. The molecule has 1 N–H and O–H groups in total. The number of aromatic nitrogens is 2. The molecule has 0 aromatic carbocycles. The summed E-state index contributed by atoms with van der Waals surface area (Å²) in [5.41, 5.74) is 0.349. The van der Waals surface area contributed by atoms with Crippen molar-refractivity contribution < 1.29 is 4.79 Å². The van der Waals surface area contributed by atoms with E-state index in [2.05, 4.69) is 15.3 Å². The van der Waals surface area contributed by atoms with E-state index < -0.39 is 0 Å². The van der Waals surface area contributed by atoms with E-state index in [9.17, 15) is 4.79 Å². The summed E-state index contributed by atoms with van der Waals surface area (Å²) in [7, 11) is 1.65. The number of nitriles is 1. The van der Waals surface area contributed by atoms with Crippen molar-refractivity contribution in [1.82, 2.24) is 15.3 Å². The summed E-state index contributed by atoms with van der Waals surface area (Å²) in [4.78, 5) is 21.9. The zero-order valence-electron chi connectivity index (χ0n) is 10.3. The number of nitrogens with zero attached hydrogens (tertiary/aromatic N) is 4. The third kappa shape index (κ3) is 2.56. The normalized spacial score (nSPS) is 19.1. The number of nitrogens with one attached hydrogen (secondary N) is 1. The van der Waals surface area contributed by atoms with Gasteiger partial charge >= 0.3 is 0 Å². The Morgan fingerprint density at radius 3 is 3.22 bits per heavy atom. The van der Waals surface area contributed by atoms with Crippen LogP contribution in [0.15, 0.2) is 12.3 Å². The molecule has 2 heterocycles. The van der Waals surface area contributed by atoms with E-state index in [1.807, 2.05) is 11.0 Å². The van der Waals surface area contributed by atoms with E-state index in [-0.39, 0.29) is 11.8 Å². The summed E-state index contributed by atoms with van der Waals surface area (Å²) in [5, 5.41) is 11.5. The summed E-state index contributed by atoms with van der Waals surface area (Å²) in [6.07, 6.45) is 3.39. The van der Waals surface area contributed by atoms with E-state index in [1.54, 1.807) is 19.3 Å². The fourth-order valence-electron chi connectivity index (χ4n) is 2.14. The van der Waals surface area contributed by atoms with Gasteiger partial charge in [-0.1, -0.05) is 0 Å². The monoisotopic (exact) mass is 245 g/mol. The first-order chi connectivity index (χ1) is 8.74. The third-order valence-corrected chi connectivity index (χ3v) is 3.08. The second-order valence-electron chi connectivity index (χ2n) is 4.25. The van der Waals surface area contributed by atoms with Crippen molar-refractivity contribution in [3.63, 3.8) is 0 Å². The van der Waals surface area contributed by atoms with Gasteiger partial charge in [0.25, 0.3) is 0 Å². The van der Waals surface area contributed by atoms with Crippen molar-refractivity contribution in [2.45, 2.75) is 12.8 Å². The lowest BCUT2D eigenvalue weighted by Gasteiger charge is -2.31. The van der Waals surface area contributed by atoms with Crippen LogP contribution in [0.2, 0.25) is 0 Å². The van der Waals surface area contributed by atoms with Gasteiger partial charge in [0.15, 0.2) is 0 Å². The van der Waals surface area contributed by atoms with Crippen LogP contribution in [-0.2, 0) is 4.79 Å². The Labute approximate surface area is 106 Å². The van der Waals surface area contributed by atoms with Gasteiger partial charge in [-0.2, -0.15) is 5.26 Å². The zero-order valence-corrected chi connectivity index (χ0v) is 10.3. The van der Waals surface area contributed by atoms with E-state index >= 15 is 0 Å². The lowest BCUT2D eigenvalue weighted by atomic mass is 9.97. The Hall–Kier alpha value is -2.16. The molecule has 1 atom stereocenters. The molecule has 1 aromatic heterocycles. The maximum absolute atomic E-state index is 11.6. The molecular formula is C12H15N5O. The van der Waals surface area contributed by atoms with Gasteiger partial charge in [0.1, 0.15) is 11.8 Å². The lowest BCUT2D eigenvalue weighted by molar-refractivity contribution is -0.124. The SMILES string of the molecule is CNC(=O)C1CCCN(c2nccc(C#N)n2)C1. The van der Waals surface area contributed by atoms with Gasteiger partial charge in [0, 0.05) is 26.3 Å². The number of carbonyl (C=O) groups excluding carboxylic acids is 1. The molecule has 1 aromatic rings. The van der Waals surface area contributed by atoms with E-state index in [0.29, 0.717) is 18.2 Å². The van der Waals surface area contributed by atoms with Gasteiger partial charge in [-0.25, -0.2) is 9.97 Å². The van der Waals surface area contributed by atoms with Gasteiger partial charge in [0.05, 0.1) is 5.92 Å².